The number of ether oxygens (including phenoxy) is 4. The van der Waals surface area contributed by atoms with Gasteiger partial charge in [0.2, 0.25) is 5.95 Å². The van der Waals surface area contributed by atoms with Crippen LogP contribution in [0.25, 0.3) is 17.5 Å². The van der Waals surface area contributed by atoms with Crippen molar-refractivity contribution in [2.45, 2.75) is 6.61 Å². The highest BCUT2D eigenvalue weighted by molar-refractivity contribution is 6.01. The number of hydrogen-bond donors (Lipinski definition) is 2. The van der Waals surface area contributed by atoms with Crippen LogP contribution in [0.1, 0.15) is 5.56 Å². The fourth-order valence-electron chi connectivity index (χ4n) is 2.74. The van der Waals surface area contributed by atoms with Gasteiger partial charge in [-0.25, -0.2) is 0 Å². The maximum atomic E-state index is 12.4. The third kappa shape index (κ3) is 5.50. The van der Waals surface area contributed by atoms with Gasteiger partial charge in [-0.3, -0.25) is 15.2 Å². The largest absolute Gasteiger partial charge is 0.497 e. The molecule has 0 radical (unpaired) electrons. The standard InChI is InChI=1S/C21H20F2N4O5/c1-29-13-6-7-14(16(11-13)30-2)19-25-21(27-26-19)24-18(28)9-5-12-4-8-15(32-20(22)23)17(10-12)31-3/h4-11,20H,1-3H3,(H2,24,25,26,27,28)/b9-5+. The molecule has 11 heteroatoms. The van der Waals surface area contributed by atoms with E-state index in [0.29, 0.717) is 28.5 Å². The number of aromatic amines is 1. The van der Waals surface area contributed by atoms with Crippen molar-refractivity contribution in [3.63, 3.8) is 0 Å². The second kappa shape index (κ2) is 10.2. The van der Waals surface area contributed by atoms with Crippen LogP contribution in [0.5, 0.6) is 23.0 Å². The van der Waals surface area contributed by atoms with Gasteiger partial charge < -0.3 is 18.9 Å². The number of carbonyl (C=O) groups is 1. The van der Waals surface area contributed by atoms with Crippen LogP contribution in [0.3, 0.4) is 0 Å². The van der Waals surface area contributed by atoms with Gasteiger partial charge in [0.05, 0.1) is 26.9 Å². The Bertz CT molecular complexity index is 1120. The summed E-state index contributed by atoms with van der Waals surface area (Å²) < 4.78 is 44.7. The Morgan fingerprint density at radius 2 is 1.81 bits per heavy atom. The third-order valence-corrected chi connectivity index (χ3v) is 4.22. The van der Waals surface area contributed by atoms with E-state index >= 15 is 0 Å². The maximum absolute atomic E-state index is 12.4. The number of aromatic nitrogens is 3. The van der Waals surface area contributed by atoms with Crippen LogP contribution in [-0.2, 0) is 4.79 Å². The van der Waals surface area contributed by atoms with E-state index in [2.05, 4.69) is 25.2 Å². The molecule has 1 aromatic heterocycles. The van der Waals surface area contributed by atoms with Gasteiger partial charge in [-0.15, -0.1) is 5.10 Å². The number of amides is 1. The molecule has 3 aromatic rings. The molecule has 0 saturated heterocycles. The molecule has 0 aliphatic heterocycles. The highest BCUT2D eigenvalue weighted by Gasteiger charge is 2.13. The fraction of sp³-hybridized carbons (Fsp3) is 0.190. The van der Waals surface area contributed by atoms with Crippen LogP contribution in [0.4, 0.5) is 14.7 Å². The van der Waals surface area contributed by atoms with Gasteiger partial charge in [-0.1, -0.05) is 6.07 Å². The number of benzene rings is 2. The average molecular weight is 446 g/mol. The Hall–Kier alpha value is -4.15. The zero-order valence-electron chi connectivity index (χ0n) is 17.4. The van der Waals surface area contributed by atoms with Gasteiger partial charge in [0.25, 0.3) is 5.91 Å². The zero-order valence-corrected chi connectivity index (χ0v) is 17.4. The SMILES string of the molecule is COc1ccc(-c2nc(NC(=O)/C=C/c3ccc(OC(F)F)c(OC)c3)n[nH]2)c(OC)c1. The molecule has 0 aliphatic carbocycles. The Balaban J connectivity index is 1.69. The lowest BCUT2D eigenvalue weighted by Crippen LogP contribution is -2.09. The van der Waals surface area contributed by atoms with Gasteiger partial charge >= 0.3 is 6.61 Å². The first-order valence-corrected chi connectivity index (χ1v) is 9.20. The Morgan fingerprint density at radius 3 is 2.50 bits per heavy atom. The van der Waals surface area contributed by atoms with Crippen LogP contribution >= 0.6 is 0 Å². The molecule has 2 N–H and O–H groups in total. The first-order chi connectivity index (χ1) is 15.4. The molecule has 168 valence electrons. The van der Waals surface area contributed by atoms with Crippen molar-refractivity contribution in [1.82, 2.24) is 15.2 Å². The minimum atomic E-state index is -2.97. The molecule has 0 saturated carbocycles. The molecule has 1 heterocycles. The number of rotatable bonds is 9. The maximum Gasteiger partial charge on any atom is 0.387 e. The monoisotopic (exact) mass is 446 g/mol. The number of nitrogens with zero attached hydrogens (tertiary/aromatic N) is 2. The van der Waals surface area contributed by atoms with Crippen LogP contribution in [0.2, 0.25) is 0 Å². The molecule has 1 amide bonds. The van der Waals surface area contributed by atoms with Crippen LogP contribution in [0, 0.1) is 0 Å². The van der Waals surface area contributed by atoms with Gasteiger partial charge in [0.15, 0.2) is 17.3 Å². The number of nitrogens with one attached hydrogen (secondary N) is 2. The fourth-order valence-corrected chi connectivity index (χ4v) is 2.74. The first kappa shape index (κ1) is 22.5. The first-order valence-electron chi connectivity index (χ1n) is 9.20. The molecule has 0 spiro atoms. The number of H-pyrrole nitrogens is 1. The van der Waals surface area contributed by atoms with E-state index in [4.69, 9.17) is 14.2 Å². The van der Waals surface area contributed by atoms with E-state index in [9.17, 15) is 13.6 Å². The normalized spacial score (nSPS) is 10.9. The Morgan fingerprint density at radius 1 is 1.03 bits per heavy atom. The molecule has 2 aromatic carbocycles. The molecule has 9 nitrogen and oxygen atoms in total. The number of hydrogen-bond acceptors (Lipinski definition) is 7. The summed E-state index contributed by atoms with van der Waals surface area (Å²) in [5, 5.41) is 9.24. The van der Waals surface area contributed by atoms with E-state index in [1.165, 1.54) is 44.6 Å². The number of halogens is 2. The smallest absolute Gasteiger partial charge is 0.387 e. The van der Waals surface area contributed by atoms with Crippen molar-refractivity contribution >= 4 is 17.9 Å². The summed E-state index contributed by atoms with van der Waals surface area (Å²) in [4.78, 5) is 16.5. The van der Waals surface area contributed by atoms with Crippen molar-refractivity contribution in [3.05, 3.63) is 48.0 Å². The molecule has 0 aliphatic rings. The van der Waals surface area contributed by atoms with E-state index < -0.39 is 12.5 Å². The number of alkyl halides is 2. The molecule has 0 unspecified atom stereocenters. The predicted molar refractivity (Wildman–Crippen MR) is 112 cm³/mol. The van der Waals surface area contributed by atoms with E-state index in [1.54, 1.807) is 25.3 Å². The second-order valence-electron chi connectivity index (χ2n) is 6.19. The Kier molecular flexibility index (Phi) is 7.21. The summed E-state index contributed by atoms with van der Waals surface area (Å²) >= 11 is 0. The van der Waals surface area contributed by atoms with Crippen molar-refractivity contribution < 1.29 is 32.5 Å². The highest BCUT2D eigenvalue weighted by Crippen LogP contribution is 2.32. The molecule has 0 atom stereocenters. The van der Waals surface area contributed by atoms with Crippen molar-refractivity contribution in [1.29, 1.82) is 0 Å². The molecule has 3 rings (SSSR count). The second-order valence-corrected chi connectivity index (χ2v) is 6.19. The van der Waals surface area contributed by atoms with Gasteiger partial charge in [0, 0.05) is 12.1 Å². The lowest BCUT2D eigenvalue weighted by atomic mass is 10.2. The van der Waals surface area contributed by atoms with Gasteiger partial charge in [-0.05, 0) is 35.9 Å². The molecule has 0 bridgehead atoms. The summed E-state index contributed by atoms with van der Waals surface area (Å²) in [5.74, 6) is 1.10. The van der Waals surface area contributed by atoms with Gasteiger partial charge in [-0.2, -0.15) is 13.8 Å². The summed E-state index contributed by atoms with van der Waals surface area (Å²) in [6, 6.07) is 9.48. The van der Waals surface area contributed by atoms with E-state index in [0.717, 1.165) is 0 Å². The topological polar surface area (TPSA) is 108 Å². The van der Waals surface area contributed by atoms with Crippen molar-refractivity contribution in [2.75, 3.05) is 26.6 Å². The summed E-state index contributed by atoms with van der Waals surface area (Å²) in [6.07, 6.45) is 2.72. The van der Waals surface area contributed by atoms with Crippen LogP contribution < -0.4 is 24.3 Å². The van der Waals surface area contributed by atoms with E-state index in [1.807, 2.05) is 0 Å². The quantitative estimate of drug-likeness (QED) is 0.482. The highest BCUT2D eigenvalue weighted by atomic mass is 19.3. The minimum absolute atomic E-state index is 0.0609. The molecule has 32 heavy (non-hydrogen) atoms. The number of anilines is 1. The third-order valence-electron chi connectivity index (χ3n) is 4.22. The van der Waals surface area contributed by atoms with Crippen molar-refractivity contribution in [2.24, 2.45) is 0 Å². The van der Waals surface area contributed by atoms with Gasteiger partial charge in [0.1, 0.15) is 11.5 Å². The predicted octanol–water partition coefficient (Wildman–Crippen LogP) is 3.75. The average Bonchev–Trinajstić information content (AvgIpc) is 3.25. The van der Waals surface area contributed by atoms with Crippen LogP contribution in [-0.4, -0.2) is 49.0 Å². The lowest BCUT2D eigenvalue weighted by molar-refractivity contribution is -0.111. The molecular weight excluding hydrogens is 426 g/mol. The molecule has 0 fully saturated rings. The number of carbonyl (C=O) groups excluding carboxylic acids is 1. The van der Waals surface area contributed by atoms with Crippen LogP contribution in [0.15, 0.2) is 42.5 Å². The summed E-state index contributed by atoms with van der Waals surface area (Å²) in [5.41, 5.74) is 1.17. The Labute approximate surface area is 182 Å². The molecular formula is C21H20F2N4O5. The van der Waals surface area contributed by atoms with Crippen molar-refractivity contribution in [3.8, 4) is 34.4 Å². The van der Waals surface area contributed by atoms with E-state index in [-0.39, 0.29) is 17.4 Å². The lowest BCUT2D eigenvalue weighted by Gasteiger charge is -2.10. The minimum Gasteiger partial charge on any atom is -0.497 e. The number of methoxy groups -OCH3 is 3. The zero-order chi connectivity index (χ0) is 23.1. The summed E-state index contributed by atoms with van der Waals surface area (Å²) in [7, 11) is 4.39. The summed E-state index contributed by atoms with van der Waals surface area (Å²) in [6.45, 7) is -2.97.